The van der Waals surface area contributed by atoms with Crippen molar-refractivity contribution in [1.29, 1.82) is 0 Å². The lowest BCUT2D eigenvalue weighted by Gasteiger charge is -2.09. The van der Waals surface area contributed by atoms with E-state index >= 15 is 0 Å². The fraction of sp³-hybridized carbons (Fsp3) is 0.176. The van der Waals surface area contributed by atoms with Gasteiger partial charge in [0.15, 0.2) is 11.0 Å². The van der Waals surface area contributed by atoms with Crippen molar-refractivity contribution in [2.24, 2.45) is 0 Å². The van der Waals surface area contributed by atoms with Gasteiger partial charge in [0.2, 0.25) is 5.88 Å². The maximum atomic E-state index is 11.9. The molecule has 134 valence electrons. The smallest absolute Gasteiger partial charge is 0.343 e. The van der Waals surface area contributed by atoms with Crippen LogP contribution in [-0.2, 0) is 4.74 Å². The van der Waals surface area contributed by atoms with E-state index in [4.69, 9.17) is 15.2 Å². The highest BCUT2D eigenvalue weighted by Crippen LogP contribution is 2.25. The van der Waals surface area contributed by atoms with Crippen molar-refractivity contribution in [3.63, 3.8) is 0 Å². The maximum Gasteiger partial charge on any atom is 0.343 e. The summed E-state index contributed by atoms with van der Waals surface area (Å²) in [5.41, 5.74) is 6.23. The first-order chi connectivity index (χ1) is 12.6. The fourth-order valence-electron chi connectivity index (χ4n) is 2.16. The second-order valence-electron chi connectivity index (χ2n) is 5.04. The Morgan fingerprint density at radius 3 is 2.73 bits per heavy atom. The van der Waals surface area contributed by atoms with Gasteiger partial charge >= 0.3 is 5.97 Å². The molecule has 2 N–H and O–H groups in total. The van der Waals surface area contributed by atoms with Crippen molar-refractivity contribution in [2.45, 2.75) is 12.1 Å². The molecule has 26 heavy (non-hydrogen) atoms. The largest absolute Gasteiger partial charge is 0.462 e. The van der Waals surface area contributed by atoms with Crippen LogP contribution in [0.3, 0.4) is 0 Å². The molecule has 2 heterocycles. The Balaban J connectivity index is 1.97. The number of hydrogen-bond donors (Lipinski definition) is 1. The molecule has 0 aliphatic rings. The van der Waals surface area contributed by atoms with E-state index in [9.17, 15) is 4.79 Å². The molecule has 1 aromatic carbocycles. The Hall–Kier alpha value is -3.07. The van der Waals surface area contributed by atoms with Crippen LogP contribution in [0.15, 0.2) is 47.8 Å². The summed E-state index contributed by atoms with van der Waals surface area (Å²) in [5, 5.41) is 4.64. The second-order valence-corrected chi connectivity index (χ2v) is 5.82. The third-order valence-electron chi connectivity index (χ3n) is 3.34. The summed E-state index contributed by atoms with van der Waals surface area (Å²) in [4.78, 5) is 20.6. The summed E-state index contributed by atoms with van der Waals surface area (Å²) in [7, 11) is 0. The van der Waals surface area contributed by atoms with Crippen LogP contribution in [0.4, 0.5) is 5.82 Å². The van der Waals surface area contributed by atoms with E-state index in [0.29, 0.717) is 22.6 Å². The number of esters is 1. The number of carbonyl (C=O) groups is 1. The number of nitrogens with zero attached hydrogens (tertiary/aromatic N) is 4. The number of hydrogen-bond acceptors (Lipinski definition) is 8. The lowest BCUT2D eigenvalue weighted by Crippen LogP contribution is -2.10. The number of nitrogen functional groups attached to an aromatic ring is 1. The Morgan fingerprint density at radius 2 is 2.04 bits per heavy atom. The first-order valence-corrected chi connectivity index (χ1v) is 9.01. The van der Waals surface area contributed by atoms with Gasteiger partial charge in [0.25, 0.3) is 0 Å². The van der Waals surface area contributed by atoms with Gasteiger partial charge in [-0.05, 0) is 25.3 Å². The molecule has 0 fully saturated rings. The van der Waals surface area contributed by atoms with Gasteiger partial charge in [0, 0.05) is 6.07 Å². The molecule has 3 rings (SSSR count). The average Bonchev–Trinajstić information content (AvgIpc) is 3.04. The van der Waals surface area contributed by atoms with Crippen LogP contribution in [0.1, 0.15) is 17.3 Å². The monoisotopic (exact) mass is 371 g/mol. The standard InChI is InChI=1S/C17H17N5O3S/c1-3-24-16(23)12-10-19-22(15(12)18)13-9-14(21-17(20-13)26-2)25-11-7-5-4-6-8-11/h4-10H,3,18H2,1-2H3. The second kappa shape index (κ2) is 7.87. The number of anilines is 1. The third kappa shape index (κ3) is 3.77. The van der Waals surface area contributed by atoms with E-state index in [1.165, 1.54) is 22.6 Å². The number of thioether (sulfide) groups is 1. The Bertz CT molecular complexity index is 914. The van der Waals surface area contributed by atoms with Gasteiger partial charge in [0.05, 0.1) is 12.8 Å². The third-order valence-corrected chi connectivity index (χ3v) is 3.88. The highest BCUT2D eigenvalue weighted by molar-refractivity contribution is 7.98. The topological polar surface area (TPSA) is 105 Å². The molecule has 8 nitrogen and oxygen atoms in total. The van der Waals surface area contributed by atoms with Crippen LogP contribution in [0.2, 0.25) is 0 Å². The van der Waals surface area contributed by atoms with E-state index < -0.39 is 5.97 Å². The van der Waals surface area contributed by atoms with Crippen LogP contribution >= 0.6 is 11.8 Å². The molecule has 0 atom stereocenters. The number of nitrogens with two attached hydrogens (primary N) is 1. The van der Waals surface area contributed by atoms with Gasteiger partial charge in [-0.3, -0.25) is 0 Å². The zero-order valence-electron chi connectivity index (χ0n) is 14.2. The molecular formula is C17H17N5O3S. The zero-order chi connectivity index (χ0) is 18.5. The maximum absolute atomic E-state index is 11.9. The van der Waals surface area contributed by atoms with Gasteiger partial charge in [-0.1, -0.05) is 30.0 Å². The van der Waals surface area contributed by atoms with E-state index in [-0.39, 0.29) is 18.0 Å². The summed E-state index contributed by atoms with van der Waals surface area (Å²) in [6, 6.07) is 10.9. The molecule has 0 bridgehead atoms. The number of carbonyl (C=O) groups excluding carboxylic acids is 1. The lowest BCUT2D eigenvalue weighted by atomic mass is 10.3. The van der Waals surface area contributed by atoms with Crippen LogP contribution in [0, 0.1) is 0 Å². The highest BCUT2D eigenvalue weighted by Gasteiger charge is 2.19. The molecule has 0 saturated carbocycles. The zero-order valence-corrected chi connectivity index (χ0v) is 15.1. The number of benzene rings is 1. The number of para-hydroxylation sites is 1. The number of ether oxygens (including phenoxy) is 2. The molecule has 0 aliphatic carbocycles. The van der Waals surface area contributed by atoms with Gasteiger partial charge in [0.1, 0.15) is 17.1 Å². The van der Waals surface area contributed by atoms with Crippen molar-refractivity contribution in [3.8, 4) is 17.4 Å². The molecule has 9 heteroatoms. The van der Waals surface area contributed by atoms with Crippen molar-refractivity contribution in [3.05, 3.63) is 48.2 Å². The summed E-state index contributed by atoms with van der Waals surface area (Å²) >= 11 is 1.35. The van der Waals surface area contributed by atoms with Gasteiger partial charge in [-0.25, -0.2) is 9.78 Å². The van der Waals surface area contributed by atoms with E-state index in [1.807, 2.05) is 36.6 Å². The van der Waals surface area contributed by atoms with Gasteiger partial charge in [-0.15, -0.1) is 0 Å². The first-order valence-electron chi connectivity index (χ1n) is 7.79. The summed E-state index contributed by atoms with van der Waals surface area (Å²) in [6.45, 7) is 1.98. The average molecular weight is 371 g/mol. The minimum Gasteiger partial charge on any atom is -0.462 e. The van der Waals surface area contributed by atoms with Crippen LogP contribution in [-0.4, -0.2) is 38.6 Å². The summed E-state index contributed by atoms with van der Waals surface area (Å²) in [6.07, 6.45) is 3.20. The Morgan fingerprint density at radius 1 is 1.27 bits per heavy atom. The van der Waals surface area contributed by atoms with Crippen LogP contribution < -0.4 is 10.5 Å². The summed E-state index contributed by atoms with van der Waals surface area (Å²) in [5.74, 6) is 0.988. The predicted molar refractivity (Wildman–Crippen MR) is 97.8 cm³/mol. The van der Waals surface area contributed by atoms with Crippen molar-refractivity contribution >= 4 is 23.5 Å². The first kappa shape index (κ1) is 17.7. The molecule has 0 amide bonds. The van der Waals surface area contributed by atoms with Crippen molar-refractivity contribution < 1.29 is 14.3 Å². The number of rotatable bonds is 6. The van der Waals surface area contributed by atoms with Gasteiger partial charge < -0.3 is 15.2 Å². The lowest BCUT2D eigenvalue weighted by molar-refractivity contribution is 0.0527. The van der Waals surface area contributed by atoms with Crippen molar-refractivity contribution in [1.82, 2.24) is 19.7 Å². The number of aromatic nitrogens is 4. The normalized spacial score (nSPS) is 10.5. The summed E-state index contributed by atoms with van der Waals surface area (Å²) < 4.78 is 12.1. The molecule has 0 radical (unpaired) electrons. The minimum absolute atomic E-state index is 0.139. The molecule has 3 aromatic rings. The van der Waals surface area contributed by atoms with E-state index in [2.05, 4.69) is 15.1 Å². The quantitative estimate of drug-likeness (QED) is 0.400. The molecular weight excluding hydrogens is 354 g/mol. The fourth-order valence-corrected chi connectivity index (χ4v) is 2.53. The van der Waals surface area contributed by atoms with Crippen LogP contribution in [0.5, 0.6) is 11.6 Å². The molecule has 2 aromatic heterocycles. The molecule has 0 saturated heterocycles. The van der Waals surface area contributed by atoms with E-state index in [0.717, 1.165) is 0 Å². The highest BCUT2D eigenvalue weighted by atomic mass is 32.2. The van der Waals surface area contributed by atoms with E-state index in [1.54, 1.807) is 13.0 Å². The molecule has 0 unspecified atom stereocenters. The van der Waals surface area contributed by atoms with Gasteiger partial charge in [-0.2, -0.15) is 14.8 Å². The van der Waals surface area contributed by atoms with Crippen molar-refractivity contribution in [2.75, 3.05) is 18.6 Å². The minimum atomic E-state index is -0.531. The van der Waals surface area contributed by atoms with Crippen LogP contribution in [0.25, 0.3) is 5.82 Å². The Labute approximate surface area is 154 Å². The molecule has 0 aliphatic heterocycles. The Kier molecular flexibility index (Phi) is 5.37. The predicted octanol–water partition coefficient (Wildman–Crippen LogP) is 2.94. The SMILES string of the molecule is CCOC(=O)c1cnn(-c2cc(Oc3ccccc3)nc(SC)n2)c1N. The molecule has 0 spiro atoms.